The van der Waals surface area contributed by atoms with Crippen LogP contribution in [-0.4, -0.2) is 30.7 Å². The van der Waals surface area contributed by atoms with Gasteiger partial charge in [0.05, 0.1) is 7.11 Å². The van der Waals surface area contributed by atoms with E-state index < -0.39 is 5.97 Å². The average Bonchev–Trinajstić information content (AvgIpc) is 3.03. The lowest BCUT2D eigenvalue weighted by Crippen LogP contribution is -2.29. The molecule has 0 radical (unpaired) electrons. The second kappa shape index (κ2) is 6.62. The Bertz CT molecular complexity index is 787. The molecule has 0 spiro atoms. The Morgan fingerprint density at radius 3 is 2.83 bits per heavy atom. The highest BCUT2D eigenvalue weighted by Gasteiger charge is 2.29. The molecule has 0 saturated heterocycles. The van der Waals surface area contributed by atoms with Crippen LogP contribution in [0.25, 0.3) is 0 Å². The summed E-state index contributed by atoms with van der Waals surface area (Å²) in [6, 6.07) is 12.3. The number of carbonyl (C=O) groups is 2. The summed E-state index contributed by atoms with van der Waals surface area (Å²) in [4.78, 5) is 23.6. The number of amides is 1. The molecule has 2 aromatic carbocycles. The second-order valence-corrected chi connectivity index (χ2v) is 5.46. The van der Waals surface area contributed by atoms with Crippen LogP contribution in [-0.2, 0) is 11.3 Å². The quantitative estimate of drug-likeness (QED) is 0.879. The molecule has 1 unspecified atom stereocenters. The normalized spacial score (nSPS) is 15.3. The Hall–Kier alpha value is -3.02. The molecule has 124 valence electrons. The van der Waals surface area contributed by atoms with Crippen molar-refractivity contribution in [1.82, 2.24) is 5.32 Å². The molecule has 0 aromatic heterocycles. The molecule has 24 heavy (non-hydrogen) atoms. The van der Waals surface area contributed by atoms with Crippen LogP contribution in [0.2, 0.25) is 0 Å². The Kier molecular flexibility index (Phi) is 4.37. The first-order valence-corrected chi connectivity index (χ1v) is 7.50. The second-order valence-electron chi connectivity index (χ2n) is 5.46. The topological polar surface area (TPSA) is 84.9 Å². The van der Waals surface area contributed by atoms with Gasteiger partial charge in [0.15, 0.2) is 0 Å². The molecule has 0 saturated carbocycles. The van der Waals surface area contributed by atoms with Gasteiger partial charge in [-0.05, 0) is 23.8 Å². The van der Waals surface area contributed by atoms with Crippen LogP contribution in [0.15, 0.2) is 42.5 Å². The van der Waals surface area contributed by atoms with Crippen molar-refractivity contribution in [2.75, 3.05) is 13.7 Å². The van der Waals surface area contributed by atoms with E-state index in [4.69, 9.17) is 9.47 Å². The van der Waals surface area contributed by atoms with E-state index in [1.807, 2.05) is 24.3 Å². The van der Waals surface area contributed by atoms with E-state index in [0.29, 0.717) is 12.2 Å². The monoisotopic (exact) mass is 327 g/mol. The first kappa shape index (κ1) is 15.9. The van der Waals surface area contributed by atoms with Crippen LogP contribution in [0.1, 0.15) is 27.4 Å². The summed E-state index contributed by atoms with van der Waals surface area (Å²) >= 11 is 0. The highest BCUT2D eigenvalue weighted by molar-refractivity contribution is 5.91. The lowest BCUT2D eigenvalue weighted by Gasteiger charge is -2.12. The van der Waals surface area contributed by atoms with Crippen molar-refractivity contribution in [2.45, 2.75) is 12.5 Å². The summed E-state index contributed by atoms with van der Waals surface area (Å²) in [7, 11) is 1.42. The summed E-state index contributed by atoms with van der Waals surface area (Å²) < 4.78 is 10.5. The third-order valence-corrected chi connectivity index (χ3v) is 3.98. The molecule has 0 aliphatic carbocycles. The number of fused-ring (bicyclic) bond motifs is 1. The Labute approximate surface area is 139 Å². The van der Waals surface area contributed by atoms with Crippen LogP contribution in [0, 0.1) is 0 Å². The van der Waals surface area contributed by atoms with Crippen LogP contribution in [0.5, 0.6) is 11.5 Å². The molecular formula is C18H17NO5. The van der Waals surface area contributed by atoms with Gasteiger partial charge in [-0.2, -0.15) is 0 Å². The maximum Gasteiger partial charge on any atom is 0.339 e. The van der Waals surface area contributed by atoms with Gasteiger partial charge >= 0.3 is 5.97 Å². The fourth-order valence-corrected chi connectivity index (χ4v) is 2.72. The highest BCUT2D eigenvalue weighted by atomic mass is 16.5. The maximum atomic E-state index is 12.4. The third kappa shape index (κ3) is 3.03. The Morgan fingerprint density at radius 1 is 1.29 bits per heavy atom. The molecule has 1 amide bonds. The molecule has 1 aliphatic heterocycles. The Balaban J connectivity index is 1.69. The molecule has 1 heterocycles. The minimum Gasteiger partial charge on any atom is -0.496 e. The summed E-state index contributed by atoms with van der Waals surface area (Å²) in [5, 5.41) is 12.0. The summed E-state index contributed by atoms with van der Waals surface area (Å²) in [5.74, 6) is -0.546. The van der Waals surface area contributed by atoms with Crippen molar-refractivity contribution < 1.29 is 24.2 Å². The minimum absolute atomic E-state index is 0.0683. The molecule has 2 N–H and O–H groups in total. The number of aromatic carboxylic acids is 1. The van der Waals surface area contributed by atoms with Crippen LogP contribution in [0.3, 0.4) is 0 Å². The standard InChI is InChI=1S/C18H17NO5/c1-23-15-7-6-11(8-13(15)18(21)22)9-19-17(20)14-10-24-16-5-3-2-4-12(14)16/h2-8,14H,9-10H2,1H3,(H,19,20)(H,21,22). The molecule has 1 atom stereocenters. The van der Waals surface area contributed by atoms with Crippen molar-refractivity contribution in [1.29, 1.82) is 0 Å². The molecule has 0 bridgehead atoms. The lowest BCUT2D eigenvalue weighted by molar-refractivity contribution is -0.122. The van der Waals surface area contributed by atoms with Gasteiger partial charge in [0.2, 0.25) is 5.91 Å². The minimum atomic E-state index is -1.07. The van der Waals surface area contributed by atoms with Gasteiger partial charge in [-0.1, -0.05) is 24.3 Å². The van der Waals surface area contributed by atoms with Gasteiger partial charge in [0.1, 0.15) is 29.6 Å². The van der Waals surface area contributed by atoms with E-state index in [9.17, 15) is 14.7 Å². The van der Waals surface area contributed by atoms with Crippen LogP contribution >= 0.6 is 0 Å². The molecule has 6 nitrogen and oxygen atoms in total. The smallest absolute Gasteiger partial charge is 0.339 e. The number of ether oxygens (including phenoxy) is 2. The number of benzene rings is 2. The zero-order chi connectivity index (χ0) is 17.1. The predicted molar refractivity (Wildman–Crippen MR) is 86.5 cm³/mol. The molecule has 2 aromatic rings. The van der Waals surface area contributed by atoms with Crippen LogP contribution < -0.4 is 14.8 Å². The number of rotatable bonds is 5. The molecule has 6 heteroatoms. The number of para-hydroxylation sites is 1. The van der Waals surface area contributed by atoms with Gasteiger partial charge in [0, 0.05) is 12.1 Å². The summed E-state index contributed by atoms with van der Waals surface area (Å²) in [6.45, 7) is 0.552. The average molecular weight is 327 g/mol. The highest BCUT2D eigenvalue weighted by Crippen LogP contribution is 2.33. The van der Waals surface area contributed by atoms with E-state index in [-0.39, 0.29) is 29.7 Å². The van der Waals surface area contributed by atoms with E-state index in [2.05, 4.69) is 5.32 Å². The first-order valence-electron chi connectivity index (χ1n) is 7.50. The number of nitrogens with one attached hydrogen (secondary N) is 1. The maximum absolute atomic E-state index is 12.4. The molecule has 1 aliphatic rings. The Morgan fingerprint density at radius 2 is 2.08 bits per heavy atom. The SMILES string of the molecule is COc1ccc(CNC(=O)C2COc3ccccc32)cc1C(=O)O. The molecule has 3 rings (SSSR count). The van der Waals surface area contributed by atoms with E-state index in [1.54, 1.807) is 12.1 Å². The van der Waals surface area contributed by atoms with Crippen LogP contribution in [0.4, 0.5) is 0 Å². The number of carboxylic acid groups (broad SMARTS) is 1. The van der Waals surface area contributed by atoms with Crippen molar-refractivity contribution in [3.8, 4) is 11.5 Å². The van der Waals surface area contributed by atoms with Crippen molar-refractivity contribution >= 4 is 11.9 Å². The summed E-state index contributed by atoms with van der Waals surface area (Å²) in [6.07, 6.45) is 0. The van der Waals surface area contributed by atoms with Gasteiger partial charge in [-0.3, -0.25) is 4.79 Å². The fourth-order valence-electron chi connectivity index (χ4n) is 2.72. The molecular weight excluding hydrogens is 310 g/mol. The summed E-state index contributed by atoms with van der Waals surface area (Å²) in [5.41, 5.74) is 1.63. The number of methoxy groups -OCH3 is 1. The third-order valence-electron chi connectivity index (χ3n) is 3.98. The van der Waals surface area contributed by atoms with Gasteiger partial charge in [-0.25, -0.2) is 4.79 Å². The number of hydrogen-bond acceptors (Lipinski definition) is 4. The predicted octanol–water partition coefficient (Wildman–Crippen LogP) is 2.19. The zero-order valence-corrected chi connectivity index (χ0v) is 13.1. The van der Waals surface area contributed by atoms with Crippen molar-refractivity contribution in [3.63, 3.8) is 0 Å². The van der Waals surface area contributed by atoms with E-state index in [1.165, 1.54) is 13.2 Å². The zero-order valence-electron chi connectivity index (χ0n) is 13.1. The van der Waals surface area contributed by atoms with E-state index in [0.717, 1.165) is 11.3 Å². The van der Waals surface area contributed by atoms with Gasteiger partial charge in [-0.15, -0.1) is 0 Å². The van der Waals surface area contributed by atoms with Gasteiger partial charge < -0.3 is 19.9 Å². The van der Waals surface area contributed by atoms with E-state index >= 15 is 0 Å². The van der Waals surface area contributed by atoms with Crippen molar-refractivity contribution in [3.05, 3.63) is 59.2 Å². The lowest BCUT2D eigenvalue weighted by atomic mass is 10.0. The first-order chi connectivity index (χ1) is 11.6. The van der Waals surface area contributed by atoms with Crippen molar-refractivity contribution in [2.24, 2.45) is 0 Å². The van der Waals surface area contributed by atoms with Gasteiger partial charge in [0.25, 0.3) is 0 Å². The number of carboxylic acids is 1. The fraction of sp³-hybridized carbons (Fsp3) is 0.222. The molecule has 0 fully saturated rings. The number of carbonyl (C=O) groups excluding carboxylic acids is 1. The largest absolute Gasteiger partial charge is 0.496 e. The number of hydrogen-bond donors (Lipinski definition) is 2.